The van der Waals surface area contributed by atoms with Gasteiger partial charge in [0.05, 0.1) is 0 Å². The highest BCUT2D eigenvalue weighted by atomic mass is 16.1. The molecule has 0 bridgehead atoms. The van der Waals surface area contributed by atoms with Gasteiger partial charge in [-0.1, -0.05) is 54.9 Å². The summed E-state index contributed by atoms with van der Waals surface area (Å²) < 4.78 is 0. The molecule has 0 aromatic rings. The average Bonchev–Trinajstić information content (AvgIpc) is 1.95. The van der Waals surface area contributed by atoms with Gasteiger partial charge in [-0.3, -0.25) is 4.79 Å². The minimum atomic E-state index is -0.182. The molecule has 0 fully saturated rings. The Labute approximate surface area is 89.3 Å². The zero-order chi connectivity index (χ0) is 11.6. The molecule has 0 saturated heterocycles. The van der Waals surface area contributed by atoms with Gasteiger partial charge in [0, 0.05) is 11.8 Å². The Morgan fingerprint density at radius 3 is 1.71 bits per heavy atom. The van der Waals surface area contributed by atoms with Crippen LogP contribution in [0.2, 0.25) is 0 Å². The SMILES string of the molecule is CCC(CC(=O)C(C)(C)C)C(C)(C)C. The van der Waals surface area contributed by atoms with E-state index in [0.717, 1.165) is 12.8 Å². The first-order chi connectivity index (χ1) is 6.09. The number of hydrogen-bond donors (Lipinski definition) is 0. The van der Waals surface area contributed by atoms with Crippen LogP contribution in [0.1, 0.15) is 61.3 Å². The lowest BCUT2D eigenvalue weighted by Crippen LogP contribution is -2.28. The van der Waals surface area contributed by atoms with Crippen molar-refractivity contribution >= 4 is 5.78 Å². The van der Waals surface area contributed by atoms with Gasteiger partial charge in [0.2, 0.25) is 0 Å². The van der Waals surface area contributed by atoms with Crippen molar-refractivity contribution in [2.24, 2.45) is 16.7 Å². The number of carbonyl (C=O) groups excluding carboxylic acids is 1. The summed E-state index contributed by atoms with van der Waals surface area (Å²) >= 11 is 0. The van der Waals surface area contributed by atoms with Gasteiger partial charge in [0.1, 0.15) is 5.78 Å². The molecule has 0 amide bonds. The second-order valence-corrected chi connectivity index (χ2v) is 6.35. The van der Waals surface area contributed by atoms with E-state index in [4.69, 9.17) is 0 Å². The number of Topliss-reactive ketones (excluding diaryl/α,β-unsaturated/α-hetero) is 1. The van der Waals surface area contributed by atoms with Crippen LogP contribution in [-0.4, -0.2) is 5.78 Å². The lowest BCUT2D eigenvalue weighted by atomic mass is 9.73. The zero-order valence-corrected chi connectivity index (χ0v) is 10.9. The first-order valence-corrected chi connectivity index (χ1v) is 5.62. The smallest absolute Gasteiger partial charge is 0.138 e. The molecule has 0 saturated carbocycles. The Morgan fingerprint density at radius 1 is 1.07 bits per heavy atom. The van der Waals surface area contributed by atoms with Crippen LogP contribution in [0.25, 0.3) is 0 Å². The van der Waals surface area contributed by atoms with E-state index < -0.39 is 0 Å². The van der Waals surface area contributed by atoms with Crippen molar-refractivity contribution in [3.05, 3.63) is 0 Å². The molecule has 1 unspecified atom stereocenters. The van der Waals surface area contributed by atoms with E-state index >= 15 is 0 Å². The molecule has 0 aromatic heterocycles. The molecular formula is C13H26O. The summed E-state index contributed by atoms with van der Waals surface area (Å²) in [5.74, 6) is 0.897. The summed E-state index contributed by atoms with van der Waals surface area (Å²) in [7, 11) is 0. The molecule has 1 atom stereocenters. The quantitative estimate of drug-likeness (QED) is 0.668. The Bertz CT molecular complexity index is 190. The van der Waals surface area contributed by atoms with Crippen molar-refractivity contribution < 1.29 is 4.79 Å². The van der Waals surface area contributed by atoms with E-state index in [1.54, 1.807) is 0 Å². The van der Waals surface area contributed by atoms with Crippen LogP contribution in [0.15, 0.2) is 0 Å². The lowest BCUT2D eigenvalue weighted by molar-refractivity contribution is -0.128. The van der Waals surface area contributed by atoms with Crippen LogP contribution in [0, 0.1) is 16.7 Å². The largest absolute Gasteiger partial charge is 0.299 e. The summed E-state index contributed by atoms with van der Waals surface area (Å²) in [6.07, 6.45) is 1.81. The summed E-state index contributed by atoms with van der Waals surface area (Å²) in [6.45, 7) is 14.8. The molecule has 0 spiro atoms. The topological polar surface area (TPSA) is 17.1 Å². The normalized spacial score (nSPS) is 15.4. The Hall–Kier alpha value is -0.330. The van der Waals surface area contributed by atoms with E-state index in [0.29, 0.717) is 11.7 Å². The third-order valence-corrected chi connectivity index (χ3v) is 2.99. The fraction of sp³-hybridized carbons (Fsp3) is 0.923. The molecule has 84 valence electrons. The Morgan fingerprint density at radius 2 is 1.50 bits per heavy atom. The van der Waals surface area contributed by atoms with Gasteiger partial charge < -0.3 is 0 Å². The maximum absolute atomic E-state index is 11.9. The molecule has 0 aliphatic rings. The molecule has 1 heteroatoms. The summed E-state index contributed by atoms with van der Waals surface area (Å²) in [5, 5.41) is 0. The van der Waals surface area contributed by atoms with E-state index in [1.165, 1.54) is 0 Å². The van der Waals surface area contributed by atoms with Crippen LogP contribution in [0.3, 0.4) is 0 Å². The second-order valence-electron chi connectivity index (χ2n) is 6.35. The summed E-state index contributed by atoms with van der Waals surface area (Å²) in [4.78, 5) is 11.9. The Kier molecular flexibility index (Phi) is 4.35. The number of rotatable bonds is 3. The monoisotopic (exact) mass is 198 g/mol. The van der Waals surface area contributed by atoms with Crippen LogP contribution < -0.4 is 0 Å². The molecule has 0 rings (SSSR count). The second kappa shape index (κ2) is 4.46. The van der Waals surface area contributed by atoms with E-state index in [-0.39, 0.29) is 10.8 Å². The van der Waals surface area contributed by atoms with Gasteiger partial charge in [-0.25, -0.2) is 0 Å². The summed E-state index contributed by atoms with van der Waals surface area (Å²) in [5.41, 5.74) is 0.0638. The number of carbonyl (C=O) groups is 1. The predicted molar refractivity (Wildman–Crippen MR) is 62.3 cm³/mol. The van der Waals surface area contributed by atoms with Crippen LogP contribution in [0.4, 0.5) is 0 Å². The average molecular weight is 198 g/mol. The van der Waals surface area contributed by atoms with Gasteiger partial charge >= 0.3 is 0 Å². The minimum absolute atomic E-state index is 0.182. The van der Waals surface area contributed by atoms with E-state index in [9.17, 15) is 4.79 Å². The van der Waals surface area contributed by atoms with Gasteiger partial charge in [0.25, 0.3) is 0 Å². The molecular weight excluding hydrogens is 172 g/mol. The standard InChI is InChI=1S/C13H26O/c1-8-10(12(2,3)4)9-11(14)13(5,6)7/h10H,8-9H2,1-7H3. The number of hydrogen-bond acceptors (Lipinski definition) is 1. The van der Waals surface area contributed by atoms with Crippen LogP contribution in [-0.2, 0) is 4.79 Å². The maximum Gasteiger partial charge on any atom is 0.138 e. The molecule has 1 nitrogen and oxygen atoms in total. The highest BCUT2D eigenvalue weighted by molar-refractivity contribution is 5.83. The van der Waals surface area contributed by atoms with Crippen molar-refractivity contribution in [2.75, 3.05) is 0 Å². The molecule has 0 aromatic carbocycles. The van der Waals surface area contributed by atoms with E-state index in [2.05, 4.69) is 27.7 Å². The highest BCUT2D eigenvalue weighted by Gasteiger charge is 2.29. The molecule has 14 heavy (non-hydrogen) atoms. The third-order valence-electron chi connectivity index (χ3n) is 2.99. The first kappa shape index (κ1) is 13.7. The predicted octanol–water partition coefficient (Wildman–Crippen LogP) is 4.06. The Balaban J connectivity index is 4.43. The van der Waals surface area contributed by atoms with Crippen molar-refractivity contribution in [2.45, 2.75) is 61.3 Å². The van der Waals surface area contributed by atoms with E-state index in [1.807, 2.05) is 20.8 Å². The molecule has 0 radical (unpaired) electrons. The van der Waals surface area contributed by atoms with Crippen molar-refractivity contribution in [1.29, 1.82) is 0 Å². The van der Waals surface area contributed by atoms with Gasteiger partial charge in [-0.05, 0) is 11.3 Å². The highest BCUT2D eigenvalue weighted by Crippen LogP contribution is 2.33. The van der Waals surface area contributed by atoms with Crippen molar-refractivity contribution in [3.63, 3.8) is 0 Å². The van der Waals surface area contributed by atoms with Crippen LogP contribution >= 0.6 is 0 Å². The third kappa shape index (κ3) is 4.26. The van der Waals surface area contributed by atoms with Gasteiger partial charge in [-0.15, -0.1) is 0 Å². The number of ketones is 1. The molecule has 0 heterocycles. The first-order valence-electron chi connectivity index (χ1n) is 5.62. The zero-order valence-electron chi connectivity index (χ0n) is 10.9. The maximum atomic E-state index is 11.9. The fourth-order valence-electron chi connectivity index (χ4n) is 1.59. The van der Waals surface area contributed by atoms with Gasteiger partial charge in [0.15, 0.2) is 0 Å². The van der Waals surface area contributed by atoms with Crippen LogP contribution in [0.5, 0.6) is 0 Å². The lowest BCUT2D eigenvalue weighted by Gasteiger charge is -2.31. The molecule has 0 N–H and O–H groups in total. The summed E-state index contributed by atoms with van der Waals surface area (Å²) in [6, 6.07) is 0. The minimum Gasteiger partial charge on any atom is -0.299 e. The van der Waals surface area contributed by atoms with Gasteiger partial charge in [-0.2, -0.15) is 0 Å². The van der Waals surface area contributed by atoms with Crippen molar-refractivity contribution in [1.82, 2.24) is 0 Å². The molecule has 0 aliphatic heterocycles. The van der Waals surface area contributed by atoms with Crippen molar-refractivity contribution in [3.8, 4) is 0 Å². The molecule has 0 aliphatic carbocycles. The fourth-order valence-corrected chi connectivity index (χ4v) is 1.59.